The molecule has 0 radical (unpaired) electrons. The van der Waals surface area contributed by atoms with E-state index in [0.29, 0.717) is 0 Å². The molecule has 0 spiro atoms. The van der Waals surface area contributed by atoms with E-state index in [1.165, 1.54) is 67.3 Å². The number of benzene rings is 6. The monoisotopic (exact) mass is 682 g/mol. The van der Waals surface area contributed by atoms with Crippen LogP contribution in [0.25, 0.3) is 11.1 Å². The summed E-state index contributed by atoms with van der Waals surface area (Å²) in [5.41, 5.74) is 14.9. The molecule has 2 atom stereocenters. The highest BCUT2D eigenvalue weighted by Crippen LogP contribution is 2.53. The molecule has 52 heavy (non-hydrogen) atoms. The molecule has 0 bridgehead atoms. The van der Waals surface area contributed by atoms with Crippen LogP contribution >= 0.6 is 0 Å². The van der Waals surface area contributed by atoms with Gasteiger partial charge in [-0.3, -0.25) is 0 Å². The van der Waals surface area contributed by atoms with Crippen LogP contribution in [0.1, 0.15) is 94.2 Å². The maximum atomic E-state index is 2.57. The van der Waals surface area contributed by atoms with E-state index < -0.39 is 0 Å². The summed E-state index contributed by atoms with van der Waals surface area (Å²) in [4.78, 5) is 5.11. The van der Waals surface area contributed by atoms with Gasteiger partial charge in [0, 0.05) is 28.2 Å². The normalized spacial score (nSPS) is 15.2. The van der Waals surface area contributed by atoms with E-state index in [9.17, 15) is 0 Å². The highest BCUT2D eigenvalue weighted by Gasteiger charge is 2.42. The van der Waals surface area contributed by atoms with Crippen molar-refractivity contribution in [1.29, 1.82) is 0 Å². The summed E-state index contributed by atoms with van der Waals surface area (Å²) in [5, 5.41) is 0. The molecule has 0 fully saturated rings. The van der Waals surface area contributed by atoms with E-state index in [4.69, 9.17) is 0 Å². The van der Waals surface area contributed by atoms with Gasteiger partial charge in [-0.15, -0.1) is 0 Å². The summed E-state index contributed by atoms with van der Waals surface area (Å²) in [6.45, 7) is 18.7. The zero-order valence-corrected chi connectivity index (χ0v) is 32.4. The van der Waals surface area contributed by atoms with E-state index in [1.807, 2.05) is 0 Å². The molecule has 2 unspecified atom stereocenters. The first-order valence-electron chi connectivity index (χ1n) is 19.2. The second kappa shape index (κ2) is 13.8. The molecule has 6 aromatic rings. The second-order valence-corrected chi connectivity index (χ2v) is 15.8. The van der Waals surface area contributed by atoms with Crippen LogP contribution in [0.2, 0.25) is 0 Å². The summed E-state index contributed by atoms with van der Waals surface area (Å²) in [5.74, 6) is 0. The summed E-state index contributed by atoms with van der Waals surface area (Å²) in [6.07, 6.45) is 3.05. The Morgan fingerprint density at radius 1 is 0.481 bits per heavy atom. The van der Waals surface area contributed by atoms with Crippen molar-refractivity contribution in [3.8, 4) is 11.1 Å². The molecule has 0 aromatic heterocycles. The smallest absolute Gasteiger partial charge is 0.0674 e. The number of hydrogen-bond donors (Lipinski definition) is 0. The van der Waals surface area contributed by atoms with Crippen LogP contribution < -0.4 is 9.80 Å². The Hall–Kier alpha value is -5.08. The fourth-order valence-corrected chi connectivity index (χ4v) is 8.75. The molecule has 0 amide bonds. The quantitative estimate of drug-likeness (QED) is 0.134. The molecule has 1 aliphatic carbocycles. The summed E-state index contributed by atoms with van der Waals surface area (Å²) < 4.78 is 0. The van der Waals surface area contributed by atoms with E-state index in [-0.39, 0.29) is 16.5 Å². The number of hydrogen-bond acceptors (Lipinski definition) is 2. The zero-order valence-electron chi connectivity index (χ0n) is 32.4. The van der Waals surface area contributed by atoms with Crippen molar-refractivity contribution in [3.63, 3.8) is 0 Å². The summed E-state index contributed by atoms with van der Waals surface area (Å²) >= 11 is 0. The summed E-state index contributed by atoms with van der Waals surface area (Å²) in [6, 6.07) is 54.5. The van der Waals surface area contributed by atoms with E-state index in [0.717, 1.165) is 19.3 Å². The number of anilines is 4. The number of aryl methyl sites for hydroxylation is 2. The summed E-state index contributed by atoms with van der Waals surface area (Å²) in [7, 11) is 0. The van der Waals surface area contributed by atoms with Gasteiger partial charge in [-0.25, -0.2) is 0 Å². The van der Waals surface area contributed by atoms with Crippen molar-refractivity contribution in [2.75, 3.05) is 9.80 Å². The van der Waals surface area contributed by atoms with Crippen LogP contribution in [0.15, 0.2) is 146 Å². The number of fused-ring (bicyclic) bond motifs is 3. The fraction of sp³-hybridized carbons (Fsp3) is 0.280. The predicted molar refractivity (Wildman–Crippen MR) is 223 cm³/mol. The molecule has 2 nitrogen and oxygen atoms in total. The minimum Gasteiger partial charge on any atom is -0.331 e. The Morgan fingerprint density at radius 3 is 1.27 bits per heavy atom. The Balaban J connectivity index is 1.34. The van der Waals surface area contributed by atoms with E-state index in [1.54, 1.807) is 0 Å². The maximum Gasteiger partial charge on any atom is 0.0674 e. The second-order valence-electron chi connectivity index (χ2n) is 15.8. The highest BCUT2D eigenvalue weighted by molar-refractivity contribution is 5.82. The first-order chi connectivity index (χ1) is 25.0. The lowest BCUT2D eigenvalue weighted by atomic mass is 9.77. The van der Waals surface area contributed by atoms with Crippen molar-refractivity contribution in [2.45, 2.75) is 91.1 Å². The molecule has 0 saturated carbocycles. The van der Waals surface area contributed by atoms with Gasteiger partial charge in [0.05, 0.1) is 11.1 Å². The van der Waals surface area contributed by atoms with Crippen LogP contribution in [0.3, 0.4) is 0 Å². The first kappa shape index (κ1) is 35.3. The number of nitrogens with zero attached hydrogens (tertiary/aromatic N) is 2. The minimum atomic E-state index is -0.272. The lowest BCUT2D eigenvalue weighted by Crippen LogP contribution is -2.41. The van der Waals surface area contributed by atoms with Gasteiger partial charge in [-0.05, 0) is 122 Å². The fourth-order valence-electron chi connectivity index (χ4n) is 8.75. The SMILES string of the molecule is CCCC(C)(c1ccc2c(c1)C(C)(C)c1cc(C(C)(CC)N(c3ccccc3)c3ccc(C)cc3)ccc1-2)N(c1ccccc1)c1ccc(C)cc1. The standard InChI is InChI=1S/C50H54N2/c1-9-33-50(8,52(41-19-15-12-16-20-41)43-29-23-37(4)24-30-43)39-26-32-45-44-31-25-38(34-46(44)48(5,6)47(45)35-39)49(7,10-2)51(40-17-13-11-14-18-40)42-27-21-36(3)22-28-42/h11-32,34-35H,9-10,33H2,1-8H3. The van der Waals surface area contributed by atoms with Gasteiger partial charge in [0.2, 0.25) is 0 Å². The van der Waals surface area contributed by atoms with E-state index in [2.05, 4.69) is 211 Å². The zero-order chi connectivity index (χ0) is 36.7. The van der Waals surface area contributed by atoms with Crippen molar-refractivity contribution in [2.24, 2.45) is 0 Å². The molecule has 7 rings (SSSR count). The van der Waals surface area contributed by atoms with Crippen molar-refractivity contribution in [3.05, 3.63) is 179 Å². The van der Waals surface area contributed by atoms with Crippen LogP contribution in [0.4, 0.5) is 22.7 Å². The average molecular weight is 683 g/mol. The number of para-hydroxylation sites is 2. The Kier molecular flexibility index (Phi) is 9.38. The van der Waals surface area contributed by atoms with E-state index >= 15 is 0 Å². The van der Waals surface area contributed by atoms with Gasteiger partial charge in [0.1, 0.15) is 0 Å². The van der Waals surface area contributed by atoms with Gasteiger partial charge in [-0.2, -0.15) is 0 Å². The molecule has 0 saturated heterocycles. The maximum absolute atomic E-state index is 2.57. The topological polar surface area (TPSA) is 6.48 Å². The van der Waals surface area contributed by atoms with Gasteiger partial charge in [-0.1, -0.05) is 142 Å². The molecule has 1 aliphatic rings. The van der Waals surface area contributed by atoms with Crippen molar-refractivity contribution >= 4 is 22.7 Å². The van der Waals surface area contributed by atoms with Crippen molar-refractivity contribution < 1.29 is 0 Å². The largest absolute Gasteiger partial charge is 0.331 e. The predicted octanol–water partition coefficient (Wildman–Crippen LogP) is 13.9. The lowest BCUT2D eigenvalue weighted by Gasteiger charge is -2.44. The highest BCUT2D eigenvalue weighted by atomic mass is 15.2. The molecule has 2 heteroatoms. The van der Waals surface area contributed by atoms with Gasteiger partial charge < -0.3 is 9.80 Å². The van der Waals surface area contributed by atoms with Crippen LogP contribution in [0, 0.1) is 13.8 Å². The third-order valence-corrected chi connectivity index (χ3v) is 11.9. The molecule has 0 aliphatic heterocycles. The molecule has 0 N–H and O–H groups in total. The third-order valence-electron chi connectivity index (χ3n) is 11.9. The van der Waals surface area contributed by atoms with Gasteiger partial charge >= 0.3 is 0 Å². The molecule has 264 valence electrons. The third kappa shape index (κ3) is 6.03. The molecule has 0 heterocycles. The van der Waals surface area contributed by atoms with Crippen LogP contribution in [-0.4, -0.2) is 0 Å². The Bertz CT molecular complexity index is 2150. The Labute approximate surface area is 312 Å². The van der Waals surface area contributed by atoms with Crippen LogP contribution in [0.5, 0.6) is 0 Å². The number of rotatable bonds is 11. The van der Waals surface area contributed by atoms with Crippen LogP contribution in [-0.2, 0) is 16.5 Å². The molecular weight excluding hydrogens is 629 g/mol. The average Bonchev–Trinajstić information content (AvgIpc) is 3.39. The molecule has 6 aromatic carbocycles. The first-order valence-corrected chi connectivity index (χ1v) is 19.2. The molecular formula is C50H54N2. The Morgan fingerprint density at radius 2 is 0.865 bits per heavy atom. The van der Waals surface area contributed by atoms with Gasteiger partial charge in [0.25, 0.3) is 0 Å². The van der Waals surface area contributed by atoms with Gasteiger partial charge in [0.15, 0.2) is 0 Å². The van der Waals surface area contributed by atoms with Crippen molar-refractivity contribution in [1.82, 2.24) is 0 Å². The lowest BCUT2D eigenvalue weighted by molar-refractivity contribution is 0.435. The minimum absolute atomic E-state index is 0.165.